The molecule has 2 rings (SSSR count). The van der Waals surface area contributed by atoms with Gasteiger partial charge in [0.25, 0.3) is 0 Å². The lowest BCUT2D eigenvalue weighted by Crippen LogP contribution is -2.15. The highest BCUT2D eigenvalue weighted by atomic mass is 16.6. The van der Waals surface area contributed by atoms with E-state index in [1.165, 1.54) is 0 Å². The van der Waals surface area contributed by atoms with E-state index >= 15 is 0 Å². The molecule has 2 aromatic carbocycles. The fourth-order valence-electron chi connectivity index (χ4n) is 2.07. The first-order valence-corrected chi connectivity index (χ1v) is 7.15. The number of carbonyl (C=O) groups excluding carboxylic acids is 1. The molecule has 1 unspecified atom stereocenters. The van der Waals surface area contributed by atoms with Crippen molar-refractivity contribution in [2.75, 3.05) is 6.61 Å². The minimum atomic E-state index is -0.340. The summed E-state index contributed by atoms with van der Waals surface area (Å²) in [6, 6.07) is 19.5. The normalized spacial score (nSPS) is 11.9. The van der Waals surface area contributed by atoms with E-state index in [0.29, 0.717) is 0 Å². The van der Waals surface area contributed by atoms with Gasteiger partial charge in [0, 0.05) is 0 Å². The van der Waals surface area contributed by atoms with E-state index in [1.807, 2.05) is 67.6 Å². The number of rotatable bonds is 7. The van der Waals surface area contributed by atoms with Gasteiger partial charge in [-0.2, -0.15) is 0 Å². The number of ether oxygens (including phenoxy) is 2. The van der Waals surface area contributed by atoms with Gasteiger partial charge in [0.1, 0.15) is 13.2 Å². The fourth-order valence-corrected chi connectivity index (χ4v) is 2.07. The van der Waals surface area contributed by atoms with Crippen LogP contribution in [0.5, 0.6) is 0 Å². The second-order valence-electron chi connectivity index (χ2n) is 4.76. The molecule has 0 aromatic heterocycles. The third-order valence-electron chi connectivity index (χ3n) is 3.19. The molecule has 0 aliphatic rings. The molecule has 21 heavy (non-hydrogen) atoms. The third-order valence-corrected chi connectivity index (χ3v) is 3.19. The van der Waals surface area contributed by atoms with Crippen molar-refractivity contribution in [3.8, 4) is 0 Å². The SMILES string of the molecule is CCC(OCC(=O)OCc1ccccc1)c1ccccc1. The minimum Gasteiger partial charge on any atom is -0.459 e. The zero-order valence-electron chi connectivity index (χ0n) is 12.2. The number of hydrogen-bond acceptors (Lipinski definition) is 3. The molecule has 0 aliphatic heterocycles. The van der Waals surface area contributed by atoms with Crippen LogP contribution >= 0.6 is 0 Å². The largest absolute Gasteiger partial charge is 0.459 e. The van der Waals surface area contributed by atoms with Crippen LogP contribution in [0.15, 0.2) is 60.7 Å². The van der Waals surface area contributed by atoms with Gasteiger partial charge >= 0.3 is 5.97 Å². The quantitative estimate of drug-likeness (QED) is 0.723. The maximum absolute atomic E-state index is 11.7. The van der Waals surface area contributed by atoms with Crippen LogP contribution in [0.4, 0.5) is 0 Å². The number of carbonyl (C=O) groups is 1. The molecule has 0 fully saturated rings. The lowest BCUT2D eigenvalue weighted by Gasteiger charge is -2.16. The predicted octanol–water partition coefficient (Wildman–Crippen LogP) is 3.90. The Hall–Kier alpha value is -2.13. The Bertz CT molecular complexity index is 537. The van der Waals surface area contributed by atoms with Crippen molar-refractivity contribution in [3.63, 3.8) is 0 Å². The van der Waals surface area contributed by atoms with Crippen LogP contribution in [-0.2, 0) is 20.9 Å². The molecule has 0 saturated heterocycles. The Morgan fingerprint density at radius 1 is 1.00 bits per heavy atom. The first-order valence-electron chi connectivity index (χ1n) is 7.15. The first-order chi connectivity index (χ1) is 10.3. The summed E-state index contributed by atoms with van der Waals surface area (Å²) in [5.41, 5.74) is 2.05. The van der Waals surface area contributed by atoms with Crippen LogP contribution in [0.2, 0.25) is 0 Å². The molecule has 0 bridgehead atoms. The summed E-state index contributed by atoms with van der Waals surface area (Å²) < 4.78 is 10.8. The number of benzene rings is 2. The second-order valence-corrected chi connectivity index (χ2v) is 4.76. The van der Waals surface area contributed by atoms with Crippen LogP contribution in [0, 0.1) is 0 Å². The smallest absolute Gasteiger partial charge is 0.332 e. The van der Waals surface area contributed by atoms with Crippen molar-refractivity contribution in [2.24, 2.45) is 0 Å². The van der Waals surface area contributed by atoms with Crippen molar-refractivity contribution < 1.29 is 14.3 Å². The second kappa shape index (κ2) is 8.22. The molecule has 0 aliphatic carbocycles. The molecule has 0 amide bonds. The average molecular weight is 284 g/mol. The van der Waals surface area contributed by atoms with Crippen LogP contribution in [0.25, 0.3) is 0 Å². The maximum atomic E-state index is 11.7. The van der Waals surface area contributed by atoms with Gasteiger partial charge < -0.3 is 9.47 Å². The van der Waals surface area contributed by atoms with Crippen molar-refractivity contribution in [1.82, 2.24) is 0 Å². The van der Waals surface area contributed by atoms with E-state index in [-0.39, 0.29) is 25.3 Å². The lowest BCUT2D eigenvalue weighted by molar-refractivity contribution is -0.152. The molecule has 2 aromatic rings. The highest BCUT2D eigenvalue weighted by molar-refractivity contribution is 5.70. The average Bonchev–Trinajstić information content (AvgIpc) is 2.55. The van der Waals surface area contributed by atoms with Crippen LogP contribution < -0.4 is 0 Å². The summed E-state index contributed by atoms with van der Waals surface area (Å²) in [4.78, 5) is 11.7. The summed E-state index contributed by atoms with van der Waals surface area (Å²) in [7, 11) is 0. The van der Waals surface area contributed by atoms with Gasteiger partial charge in [-0.25, -0.2) is 4.79 Å². The van der Waals surface area contributed by atoms with Gasteiger partial charge in [-0.1, -0.05) is 67.6 Å². The molecule has 110 valence electrons. The standard InChI is InChI=1S/C18H20O3/c1-2-17(16-11-7-4-8-12-16)20-14-18(19)21-13-15-9-5-3-6-10-15/h3-12,17H,2,13-14H2,1H3. The molecule has 0 spiro atoms. The van der Waals surface area contributed by atoms with Gasteiger partial charge in [0.2, 0.25) is 0 Å². The van der Waals surface area contributed by atoms with E-state index < -0.39 is 0 Å². The molecular weight excluding hydrogens is 264 g/mol. The summed E-state index contributed by atoms with van der Waals surface area (Å²) >= 11 is 0. The summed E-state index contributed by atoms with van der Waals surface area (Å²) in [6.45, 7) is 2.29. The first kappa shape index (κ1) is 15.3. The van der Waals surface area contributed by atoms with E-state index in [1.54, 1.807) is 0 Å². The molecule has 0 saturated carbocycles. The Balaban J connectivity index is 1.77. The van der Waals surface area contributed by atoms with Crippen molar-refractivity contribution in [3.05, 3.63) is 71.8 Å². The van der Waals surface area contributed by atoms with E-state index in [0.717, 1.165) is 17.5 Å². The van der Waals surface area contributed by atoms with Gasteiger partial charge in [-0.3, -0.25) is 0 Å². The molecule has 3 nitrogen and oxygen atoms in total. The monoisotopic (exact) mass is 284 g/mol. The maximum Gasteiger partial charge on any atom is 0.332 e. The molecular formula is C18H20O3. The summed E-state index contributed by atoms with van der Waals surface area (Å²) in [5.74, 6) is -0.340. The zero-order valence-corrected chi connectivity index (χ0v) is 12.2. The van der Waals surface area contributed by atoms with E-state index in [9.17, 15) is 4.79 Å². The molecule has 0 heterocycles. The van der Waals surface area contributed by atoms with Crippen molar-refractivity contribution in [1.29, 1.82) is 0 Å². The Morgan fingerprint density at radius 2 is 1.62 bits per heavy atom. The zero-order chi connectivity index (χ0) is 14.9. The number of esters is 1. The molecule has 1 atom stereocenters. The Kier molecular flexibility index (Phi) is 5.98. The fraction of sp³-hybridized carbons (Fsp3) is 0.278. The van der Waals surface area contributed by atoms with E-state index in [2.05, 4.69) is 0 Å². The molecule has 0 radical (unpaired) electrons. The third kappa shape index (κ3) is 5.04. The van der Waals surface area contributed by atoms with Gasteiger partial charge in [0.15, 0.2) is 0 Å². The highest BCUT2D eigenvalue weighted by Crippen LogP contribution is 2.20. The molecule has 0 N–H and O–H groups in total. The Labute approximate surface area is 125 Å². The van der Waals surface area contributed by atoms with E-state index in [4.69, 9.17) is 9.47 Å². The molecule has 3 heteroatoms. The van der Waals surface area contributed by atoms with Crippen molar-refractivity contribution >= 4 is 5.97 Å². The van der Waals surface area contributed by atoms with Crippen LogP contribution in [0.3, 0.4) is 0 Å². The van der Waals surface area contributed by atoms with Gasteiger partial charge in [0.05, 0.1) is 6.10 Å². The van der Waals surface area contributed by atoms with Gasteiger partial charge in [-0.15, -0.1) is 0 Å². The van der Waals surface area contributed by atoms with Gasteiger partial charge in [-0.05, 0) is 17.5 Å². The minimum absolute atomic E-state index is 0.0275. The van der Waals surface area contributed by atoms with Crippen molar-refractivity contribution in [2.45, 2.75) is 26.1 Å². The highest BCUT2D eigenvalue weighted by Gasteiger charge is 2.12. The number of hydrogen-bond donors (Lipinski definition) is 0. The predicted molar refractivity (Wildman–Crippen MR) is 81.7 cm³/mol. The Morgan fingerprint density at radius 3 is 2.24 bits per heavy atom. The topological polar surface area (TPSA) is 35.5 Å². The van der Waals surface area contributed by atoms with Crippen LogP contribution in [-0.4, -0.2) is 12.6 Å². The van der Waals surface area contributed by atoms with Crippen LogP contribution in [0.1, 0.15) is 30.6 Å². The summed E-state index contributed by atoms with van der Waals surface area (Å²) in [5, 5.41) is 0. The lowest BCUT2D eigenvalue weighted by atomic mass is 10.1. The summed E-state index contributed by atoms with van der Waals surface area (Å²) in [6.07, 6.45) is 0.742.